The van der Waals surface area contributed by atoms with Crippen LogP contribution in [0.25, 0.3) is 0 Å². The van der Waals surface area contributed by atoms with Gasteiger partial charge in [-0.3, -0.25) is 9.59 Å². The summed E-state index contributed by atoms with van der Waals surface area (Å²) in [4.78, 5) is 37.3. The van der Waals surface area contributed by atoms with Crippen molar-refractivity contribution in [2.24, 2.45) is 0 Å². The van der Waals surface area contributed by atoms with Gasteiger partial charge >= 0.3 is 5.97 Å². The molecule has 6 rings (SSSR count). The molecule has 0 aromatic carbocycles. The topological polar surface area (TPSA) is 331 Å². The molecule has 0 aromatic heterocycles. The van der Waals surface area contributed by atoms with Gasteiger partial charge in [-0.1, -0.05) is 0 Å². The van der Waals surface area contributed by atoms with Gasteiger partial charge in [-0.2, -0.15) is 0 Å². The van der Waals surface area contributed by atoms with Crippen LogP contribution in [0.4, 0.5) is 0 Å². The van der Waals surface area contributed by atoms with Crippen molar-refractivity contribution in [3.05, 3.63) is 0 Å². The standard InChI is InChI=1S/C28H44N2O20/c1-6-13(35)19-11(29-7(2)33)25(43-6)46-20-12(30-8(3)34)26(44-10(5-32)15(20)37)49-22-16(38)14(36)9(4-31)45-28(22)48-21-17(39)18(40)27(47-19)50-23(21)24(41)42/h6,9-23,25-28,31-32,35-40H,4-5H2,1-3H3,(H,29,33)(H,30,34)(H,41,42)/t6-,9+,10+,11-,12+,13-,14+,15+,16-,17+,18+,19-,20+,21-,22-,23-,25-,26+,27+,28-/m0/s1. The maximum absolute atomic E-state index is 12.5. The Morgan fingerprint density at radius 1 is 0.520 bits per heavy atom. The van der Waals surface area contributed by atoms with Gasteiger partial charge in [0.25, 0.3) is 0 Å². The Bertz CT molecular complexity index is 1220. The van der Waals surface area contributed by atoms with Crippen LogP contribution in [0.1, 0.15) is 20.8 Å². The molecule has 0 saturated carbocycles. The molecule has 6 bridgehead atoms. The van der Waals surface area contributed by atoms with Crippen molar-refractivity contribution in [2.45, 2.75) is 143 Å². The summed E-state index contributed by atoms with van der Waals surface area (Å²) >= 11 is 0. The summed E-state index contributed by atoms with van der Waals surface area (Å²) < 4.78 is 46.6. The number of nitrogens with one attached hydrogen (secondary N) is 2. The minimum Gasteiger partial charge on any atom is -0.479 e. The summed E-state index contributed by atoms with van der Waals surface area (Å²) in [5, 5.41) is 102. The molecule has 0 aliphatic carbocycles. The lowest BCUT2D eigenvalue weighted by molar-refractivity contribution is -0.395. The Kier molecular flexibility index (Phi) is 12.3. The number of carboxylic acid groups (broad SMARTS) is 1. The number of hydrogen-bond acceptors (Lipinski definition) is 19. The average Bonchev–Trinajstić information content (AvgIpc) is 3.05. The third-order valence-electron chi connectivity index (χ3n) is 9.18. The molecule has 286 valence electrons. The highest BCUT2D eigenvalue weighted by molar-refractivity contribution is 5.74. The Hall–Kier alpha value is -2.23. The van der Waals surface area contributed by atoms with E-state index in [4.69, 9.17) is 37.9 Å². The lowest BCUT2D eigenvalue weighted by Crippen LogP contribution is -2.72. The molecule has 0 spiro atoms. The van der Waals surface area contributed by atoms with Crippen LogP contribution in [-0.2, 0) is 52.3 Å². The van der Waals surface area contributed by atoms with Gasteiger partial charge in [-0.05, 0) is 6.92 Å². The fourth-order valence-electron chi connectivity index (χ4n) is 6.64. The van der Waals surface area contributed by atoms with Crippen LogP contribution in [0.3, 0.4) is 0 Å². The molecule has 0 aromatic rings. The maximum Gasteiger partial charge on any atom is 0.335 e. The number of carboxylic acids is 1. The average molecular weight is 729 g/mol. The molecule has 0 unspecified atom stereocenters. The van der Waals surface area contributed by atoms with Gasteiger partial charge in [0, 0.05) is 13.8 Å². The molecule has 6 saturated heterocycles. The minimum atomic E-state index is -2.15. The third-order valence-corrected chi connectivity index (χ3v) is 9.18. The largest absolute Gasteiger partial charge is 0.479 e. The zero-order chi connectivity index (χ0) is 36.8. The number of rotatable bonds is 5. The van der Waals surface area contributed by atoms with E-state index in [1.54, 1.807) is 0 Å². The summed E-state index contributed by atoms with van der Waals surface area (Å²) in [6, 6.07) is -3.05. The molecule has 0 radical (unpaired) electrons. The van der Waals surface area contributed by atoms with E-state index in [9.17, 15) is 60.3 Å². The van der Waals surface area contributed by atoms with Crippen molar-refractivity contribution in [3.63, 3.8) is 0 Å². The highest BCUT2D eigenvalue weighted by Crippen LogP contribution is 2.37. The molecule has 50 heavy (non-hydrogen) atoms. The molecule has 2 amide bonds. The normalized spacial score (nSPS) is 49.7. The quantitative estimate of drug-likeness (QED) is 0.125. The van der Waals surface area contributed by atoms with E-state index in [2.05, 4.69) is 10.6 Å². The van der Waals surface area contributed by atoms with E-state index in [-0.39, 0.29) is 0 Å². The second kappa shape index (κ2) is 15.8. The maximum atomic E-state index is 12.5. The van der Waals surface area contributed by atoms with Gasteiger partial charge in [0.2, 0.25) is 11.8 Å². The van der Waals surface area contributed by atoms with E-state index < -0.39 is 154 Å². The number of ether oxygens (including phenoxy) is 8. The van der Waals surface area contributed by atoms with Crippen molar-refractivity contribution in [1.82, 2.24) is 10.6 Å². The Morgan fingerprint density at radius 2 is 0.980 bits per heavy atom. The molecule has 6 aliphatic rings. The highest BCUT2D eigenvalue weighted by atomic mass is 16.8. The van der Waals surface area contributed by atoms with Gasteiger partial charge in [-0.15, -0.1) is 0 Å². The first-order valence-corrected chi connectivity index (χ1v) is 15.9. The Morgan fingerprint density at radius 3 is 1.54 bits per heavy atom. The number of amides is 2. The molecule has 22 heteroatoms. The van der Waals surface area contributed by atoms with Gasteiger partial charge < -0.3 is 94.5 Å². The second-order valence-electron chi connectivity index (χ2n) is 12.7. The molecular formula is C28H44N2O20. The molecule has 6 heterocycles. The van der Waals surface area contributed by atoms with Gasteiger partial charge in [-0.25, -0.2) is 4.79 Å². The molecule has 22 nitrogen and oxygen atoms in total. The number of aliphatic hydroxyl groups excluding tert-OH is 8. The number of carbonyl (C=O) groups excluding carboxylic acids is 2. The summed E-state index contributed by atoms with van der Waals surface area (Å²) in [5.41, 5.74) is 0. The monoisotopic (exact) mass is 728 g/mol. The predicted octanol–water partition coefficient (Wildman–Crippen LogP) is -7.30. The van der Waals surface area contributed by atoms with E-state index in [0.717, 1.165) is 13.8 Å². The van der Waals surface area contributed by atoms with Crippen molar-refractivity contribution in [2.75, 3.05) is 13.2 Å². The first kappa shape index (κ1) is 39.0. The highest BCUT2D eigenvalue weighted by Gasteiger charge is 2.58. The van der Waals surface area contributed by atoms with Crippen molar-refractivity contribution >= 4 is 17.8 Å². The first-order chi connectivity index (χ1) is 23.6. The van der Waals surface area contributed by atoms with Crippen LogP contribution < -0.4 is 10.6 Å². The smallest absolute Gasteiger partial charge is 0.335 e. The lowest BCUT2D eigenvalue weighted by Gasteiger charge is -2.52. The molecule has 6 aliphatic heterocycles. The van der Waals surface area contributed by atoms with Crippen LogP contribution in [0, 0.1) is 0 Å². The molecule has 20 atom stereocenters. The molecule has 11 N–H and O–H groups in total. The number of carbonyl (C=O) groups is 3. The second-order valence-corrected chi connectivity index (χ2v) is 12.7. The van der Waals surface area contributed by atoms with Crippen LogP contribution in [0.15, 0.2) is 0 Å². The molecular weight excluding hydrogens is 684 g/mol. The van der Waals surface area contributed by atoms with Crippen molar-refractivity contribution in [3.8, 4) is 0 Å². The van der Waals surface area contributed by atoms with E-state index in [1.807, 2.05) is 0 Å². The van der Waals surface area contributed by atoms with Crippen LogP contribution >= 0.6 is 0 Å². The van der Waals surface area contributed by atoms with Gasteiger partial charge in [0.05, 0.1) is 19.3 Å². The zero-order valence-corrected chi connectivity index (χ0v) is 27.0. The Balaban J connectivity index is 1.66. The van der Waals surface area contributed by atoms with Crippen molar-refractivity contribution < 1.29 is 98.2 Å². The number of aliphatic carboxylic acids is 1. The summed E-state index contributed by atoms with van der Waals surface area (Å²) in [6.07, 6.45) is -32.5. The van der Waals surface area contributed by atoms with Crippen LogP contribution in [-0.4, -0.2) is 200 Å². The fraction of sp³-hybridized carbons (Fsp3) is 0.893. The number of hydrogen-bond donors (Lipinski definition) is 11. The summed E-state index contributed by atoms with van der Waals surface area (Å²) in [7, 11) is 0. The van der Waals surface area contributed by atoms with Gasteiger partial charge in [0.15, 0.2) is 31.3 Å². The zero-order valence-electron chi connectivity index (χ0n) is 27.0. The minimum absolute atomic E-state index is 0.712. The van der Waals surface area contributed by atoms with E-state index in [1.165, 1.54) is 6.92 Å². The van der Waals surface area contributed by atoms with Crippen LogP contribution in [0.5, 0.6) is 0 Å². The van der Waals surface area contributed by atoms with Gasteiger partial charge in [0.1, 0.15) is 85.3 Å². The fourth-order valence-corrected chi connectivity index (χ4v) is 6.64. The van der Waals surface area contributed by atoms with Crippen LogP contribution in [0.2, 0.25) is 0 Å². The number of fused-ring (bicyclic) bond motifs is 2. The van der Waals surface area contributed by atoms with E-state index in [0.29, 0.717) is 0 Å². The molecule has 6 fully saturated rings. The first-order valence-electron chi connectivity index (χ1n) is 15.9. The Labute approximate surface area is 283 Å². The van der Waals surface area contributed by atoms with Crippen molar-refractivity contribution in [1.29, 1.82) is 0 Å². The number of aliphatic hydroxyl groups is 8. The summed E-state index contributed by atoms with van der Waals surface area (Å²) in [6.45, 7) is 1.82. The predicted molar refractivity (Wildman–Crippen MR) is 153 cm³/mol. The third kappa shape index (κ3) is 7.61. The summed E-state index contributed by atoms with van der Waals surface area (Å²) in [5.74, 6) is -3.17. The lowest BCUT2D eigenvalue weighted by atomic mass is 9.93. The SMILES string of the molecule is CC(=O)N[C@@H]1[C@@H]2O[C@H]3[C@H](O)[C@@H](CO)O[C@H](O[C@@H]4[C@H](O[C@H]5[C@H](O)[C@@H](O)[C@H](O[C@@H]1[C@@H](O)[C@H](C)O2)O[C@@H]5C(=O)O)O[C@H](CO)[C@@H](O)[C@@H]4O)[C@@H]3NC(C)=O. The van der Waals surface area contributed by atoms with E-state index >= 15 is 0 Å².